The van der Waals surface area contributed by atoms with Crippen LogP contribution in [0.4, 0.5) is 17.1 Å². The zero-order valence-electron chi connectivity index (χ0n) is 21.0. The normalized spacial score (nSPS) is 16.8. The number of nitrogens with zero attached hydrogens (tertiary/aromatic N) is 1. The van der Waals surface area contributed by atoms with E-state index in [0.717, 1.165) is 43.5 Å². The summed E-state index contributed by atoms with van der Waals surface area (Å²) in [7, 11) is 0. The molecule has 0 unspecified atom stereocenters. The van der Waals surface area contributed by atoms with Crippen LogP contribution in [0, 0.1) is 0 Å². The Labute approximate surface area is 220 Å². The SMILES string of the molecule is CC=C1/C(=C\C)c2ccc(N(c3ccc(Br)cc3)c3ccc4oc5ccccc5c4c3)cc2C1(C)C. The zero-order valence-corrected chi connectivity index (χ0v) is 22.6. The number of hydrogen-bond acceptors (Lipinski definition) is 2. The van der Waals surface area contributed by atoms with Crippen LogP contribution in [0.1, 0.15) is 38.8 Å². The van der Waals surface area contributed by atoms with Crippen molar-refractivity contribution in [1.29, 1.82) is 0 Å². The molecule has 4 aromatic carbocycles. The molecule has 2 nitrogen and oxygen atoms in total. The summed E-state index contributed by atoms with van der Waals surface area (Å²) in [4.78, 5) is 2.34. The van der Waals surface area contributed by atoms with Gasteiger partial charge in [0.25, 0.3) is 0 Å². The predicted octanol–water partition coefficient (Wildman–Crippen LogP) is 10.5. The minimum absolute atomic E-state index is 0.0575. The first kappa shape index (κ1) is 22.9. The molecule has 0 aliphatic heterocycles. The molecule has 0 radical (unpaired) electrons. The Kier molecular flexibility index (Phi) is 5.42. The van der Waals surface area contributed by atoms with Crippen molar-refractivity contribution in [3.05, 3.63) is 118 Å². The lowest BCUT2D eigenvalue weighted by Gasteiger charge is -2.28. The number of rotatable bonds is 3. The smallest absolute Gasteiger partial charge is 0.135 e. The predicted molar refractivity (Wildman–Crippen MR) is 157 cm³/mol. The second-order valence-corrected chi connectivity index (χ2v) is 10.8. The summed E-state index contributed by atoms with van der Waals surface area (Å²) < 4.78 is 7.18. The molecule has 1 aromatic heterocycles. The molecule has 0 saturated heterocycles. The van der Waals surface area contributed by atoms with Gasteiger partial charge in [0.15, 0.2) is 0 Å². The highest BCUT2D eigenvalue weighted by molar-refractivity contribution is 9.10. The average molecular weight is 534 g/mol. The van der Waals surface area contributed by atoms with E-state index in [1.165, 1.54) is 22.3 Å². The van der Waals surface area contributed by atoms with Gasteiger partial charge in [0.05, 0.1) is 0 Å². The van der Waals surface area contributed by atoms with Crippen LogP contribution in [0.5, 0.6) is 0 Å². The maximum atomic E-state index is 6.11. The summed E-state index contributed by atoms with van der Waals surface area (Å²) in [5, 5.41) is 2.26. The van der Waals surface area contributed by atoms with E-state index in [1.807, 2.05) is 12.1 Å². The molecule has 178 valence electrons. The maximum absolute atomic E-state index is 6.11. The minimum atomic E-state index is -0.0575. The summed E-state index contributed by atoms with van der Waals surface area (Å²) in [6.07, 6.45) is 4.51. The fraction of sp³-hybridized carbons (Fsp3) is 0.152. The number of para-hydroxylation sites is 1. The van der Waals surface area contributed by atoms with Gasteiger partial charge in [0.1, 0.15) is 11.2 Å². The van der Waals surface area contributed by atoms with E-state index in [1.54, 1.807) is 0 Å². The third-order valence-electron chi connectivity index (χ3n) is 7.47. The summed E-state index contributed by atoms with van der Waals surface area (Å²) in [5.41, 5.74) is 10.5. The third kappa shape index (κ3) is 3.45. The molecule has 0 fully saturated rings. The lowest BCUT2D eigenvalue weighted by molar-refractivity contribution is 0.659. The zero-order chi connectivity index (χ0) is 25.0. The molecular formula is C33H28BrNO. The molecule has 3 heteroatoms. The van der Waals surface area contributed by atoms with Gasteiger partial charge in [-0.25, -0.2) is 0 Å². The Morgan fingerprint density at radius 3 is 2.14 bits per heavy atom. The number of anilines is 3. The van der Waals surface area contributed by atoms with Gasteiger partial charge in [-0.15, -0.1) is 0 Å². The van der Waals surface area contributed by atoms with Crippen LogP contribution in [0.15, 0.2) is 112 Å². The van der Waals surface area contributed by atoms with Gasteiger partial charge in [-0.1, -0.05) is 66.2 Å². The molecule has 1 heterocycles. The molecule has 0 atom stereocenters. The molecule has 1 aliphatic rings. The Hall–Kier alpha value is -3.56. The molecule has 0 spiro atoms. The molecule has 0 amide bonds. The van der Waals surface area contributed by atoms with Crippen LogP contribution in [0.25, 0.3) is 27.5 Å². The fourth-order valence-corrected chi connectivity index (χ4v) is 6.03. The minimum Gasteiger partial charge on any atom is -0.456 e. The monoisotopic (exact) mass is 533 g/mol. The van der Waals surface area contributed by atoms with Gasteiger partial charge in [0.2, 0.25) is 0 Å². The first-order valence-corrected chi connectivity index (χ1v) is 13.2. The van der Waals surface area contributed by atoms with Crippen molar-refractivity contribution in [2.45, 2.75) is 33.1 Å². The highest BCUT2D eigenvalue weighted by Gasteiger charge is 2.37. The van der Waals surface area contributed by atoms with Crippen molar-refractivity contribution < 1.29 is 4.42 Å². The van der Waals surface area contributed by atoms with Gasteiger partial charge in [-0.05, 0) is 96.8 Å². The van der Waals surface area contributed by atoms with Crippen LogP contribution in [-0.2, 0) is 5.41 Å². The van der Waals surface area contributed by atoms with Crippen LogP contribution in [-0.4, -0.2) is 0 Å². The quantitative estimate of drug-likeness (QED) is 0.229. The van der Waals surface area contributed by atoms with Gasteiger partial charge in [-0.2, -0.15) is 0 Å². The molecular weight excluding hydrogens is 506 g/mol. The first-order chi connectivity index (χ1) is 17.4. The molecule has 5 aromatic rings. The van der Waals surface area contributed by atoms with Gasteiger partial charge >= 0.3 is 0 Å². The molecule has 1 aliphatic carbocycles. The molecule has 0 N–H and O–H groups in total. The number of benzene rings is 4. The summed E-state index contributed by atoms with van der Waals surface area (Å²) in [6, 6.07) is 30.2. The van der Waals surface area contributed by atoms with Crippen LogP contribution < -0.4 is 4.90 Å². The first-order valence-electron chi connectivity index (χ1n) is 12.4. The van der Waals surface area contributed by atoms with Crippen molar-refractivity contribution >= 4 is 60.5 Å². The van der Waals surface area contributed by atoms with Gasteiger partial charge < -0.3 is 9.32 Å². The van der Waals surface area contributed by atoms with Gasteiger partial charge in [0, 0.05) is 37.7 Å². The molecule has 0 saturated carbocycles. The third-order valence-corrected chi connectivity index (χ3v) is 8.00. The molecule has 36 heavy (non-hydrogen) atoms. The Morgan fingerprint density at radius 2 is 1.39 bits per heavy atom. The van der Waals surface area contributed by atoms with E-state index in [9.17, 15) is 0 Å². The van der Waals surface area contributed by atoms with E-state index in [2.05, 4.69) is 133 Å². The van der Waals surface area contributed by atoms with Crippen LogP contribution in [0.2, 0.25) is 0 Å². The number of halogens is 1. The summed E-state index contributed by atoms with van der Waals surface area (Å²) in [5.74, 6) is 0. The van der Waals surface area contributed by atoms with Gasteiger partial charge in [-0.3, -0.25) is 0 Å². The fourth-order valence-electron chi connectivity index (χ4n) is 5.77. The Morgan fingerprint density at radius 1 is 0.722 bits per heavy atom. The van der Waals surface area contributed by atoms with E-state index < -0.39 is 0 Å². The highest BCUT2D eigenvalue weighted by atomic mass is 79.9. The summed E-state index contributed by atoms with van der Waals surface area (Å²) in [6.45, 7) is 8.94. The van der Waals surface area contributed by atoms with Crippen molar-refractivity contribution in [2.75, 3.05) is 4.90 Å². The number of allylic oxidation sites excluding steroid dienone is 4. The van der Waals surface area contributed by atoms with Crippen molar-refractivity contribution in [2.24, 2.45) is 0 Å². The topological polar surface area (TPSA) is 16.4 Å². The van der Waals surface area contributed by atoms with Crippen molar-refractivity contribution in [3.63, 3.8) is 0 Å². The second kappa shape index (κ2) is 8.53. The van der Waals surface area contributed by atoms with Crippen LogP contribution >= 0.6 is 15.9 Å². The average Bonchev–Trinajstić information content (AvgIpc) is 3.36. The van der Waals surface area contributed by atoms with Crippen molar-refractivity contribution in [1.82, 2.24) is 0 Å². The van der Waals surface area contributed by atoms with E-state index in [4.69, 9.17) is 4.42 Å². The number of furan rings is 1. The Bertz CT molecular complexity index is 1680. The molecule has 0 bridgehead atoms. The highest BCUT2D eigenvalue weighted by Crippen LogP contribution is 2.51. The van der Waals surface area contributed by atoms with Crippen LogP contribution in [0.3, 0.4) is 0 Å². The second-order valence-electron chi connectivity index (χ2n) is 9.85. The Balaban J connectivity index is 1.58. The standard InChI is InChI=1S/C33H28BrNO/c1-5-25-26-17-15-24(20-30(26)33(3,4)29(25)6-2)35(22-13-11-21(34)12-14-22)23-16-18-32-28(19-23)27-9-7-8-10-31(27)36-32/h5-20H,1-4H3/b25-5-,29-6?. The maximum Gasteiger partial charge on any atom is 0.135 e. The largest absolute Gasteiger partial charge is 0.456 e. The van der Waals surface area contributed by atoms with E-state index in [-0.39, 0.29) is 5.41 Å². The van der Waals surface area contributed by atoms with Crippen molar-refractivity contribution in [3.8, 4) is 0 Å². The lowest BCUT2D eigenvalue weighted by atomic mass is 9.82. The van der Waals surface area contributed by atoms with E-state index >= 15 is 0 Å². The number of hydrogen-bond donors (Lipinski definition) is 0. The lowest BCUT2D eigenvalue weighted by Crippen LogP contribution is -2.16. The number of fused-ring (bicyclic) bond motifs is 4. The summed E-state index contributed by atoms with van der Waals surface area (Å²) >= 11 is 3.60. The van der Waals surface area contributed by atoms with E-state index in [0.29, 0.717) is 0 Å². The molecule has 6 rings (SSSR count).